The zero-order valence-electron chi connectivity index (χ0n) is 18.3. The van der Waals surface area contributed by atoms with Gasteiger partial charge in [0.15, 0.2) is 0 Å². The fourth-order valence-corrected chi connectivity index (χ4v) is 4.48. The standard InChI is InChI=1S/C25H25N3O2S/c1-14-6-7-16(3)21(10-14)27-23(29)18(5)28-13-26-24-22(25(28)30)20(12-31-24)19-9-8-15(2)17(4)11-19/h6-13,18H,1-5H3,(H,27,29). The molecular weight excluding hydrogens is 406 g/mol. The lowest BCUT2D eigenvalue weighted by atomic mass is 10.0. The molecule has 0 radical (unpaired) electrons. The van der Waals surface area contributed by atoms with E-state index in [2.05, 4.69) is 36.3 Å². The maximum atomic E-state index is 13.4. The Morgan fingerprint density at radius 1 is 1.03 bits per heavy atom. The Kier molecular flexibility index (Phi) is 5.50. The molecule has 6 heteroatoms. The molecule has 1 amide bonds. The Morgan fingerprint density at radius 3 is 2.52 bits per heavy atom. The highest BCUT2D eigenvalue weighted by molar-refractivity contribution is 7.17. The van der Waals surface area contributed by atoms with Crippen molar-refractivity contribution in [1.82, 2.24) is 9.55 Å². The zero-order valence-corrected chi connectivity index (χ0v) is 19.1. The van der Waals surface area contributed by atoms with E-state index in [4.69, 9.17) is 0 Å². The van der Waals surface area contributed by atoms with Gasteiger partial charge in [0.25, 0.3) is 5.56 Å². The number of thiophene rings is 1. The third-order valence-electron chi connectivity index (χ3n) is 5.78. The number of amides is 1. The molecule has 0 aliphatic heterocycles. The van der Waals surface area contributed by atoms with Crippen molar-refractivity contribution < 1.29 is 4.79 Å². The summed E-state index contributed by atoms with van der Waals surface area (Å²) in [5.41, 5.74) is 6.80. The van der Waals surface area contributed by atoms with E-state index < -0.39 is 6.04 Å². The SMILES string of the molecule is Cc1ccc(C)c(NC(=O)C(C)n2cnc3scc(-c4ccc(C)c(C)c4)c3c2=O)c1. The molecular formula is C25H25N3O2S. The summed E-state index contributed by atoms with van der Waals surface area (Å²) in [5, 5.41) is 5.48. The summed E-state index contributed by atoms with van der Waals surface area (Å²) in [7, 11) is 0. The molecule has 4 aromatic rings. The first kappa shape index (κ1) is 21.0. The Morgan fingerprint density at radius 2 is 1.77 bits per heavy atom. The Bertz CT molecular complexity index is 1370. The van der Waals surface area contributed by atoms with Crippen LogP contribution in [-0.2, 0) is 4.79 Å². The molecule has 0 aliphatic carbocycles. The summed E-state index contributed by atoms with van der Waals surface area (Å²) in [6.07, 6.45) is 1.47. The van der Waals surface area contributed by atoms with E-state index >= 15 is 0 Å². The van der Waals surface area contributed by atoms with Gasteiger partial charge in [-0.05, 0) is 68.5 Å². The number of aromatic nitrogens is 2. The molecule has 0 bridgehead atoms. The largest absolute Gasteiger partial charge is 0.324 e. The first-order valence-electron chi connectivity index (χ1n) is 10.2. The number of carbonyl (C=O) groups is 1. The molecule has 158 valence electrons. The normalized spacial score (nSPS) is 12.2. The van der Waals surface area contributed by atoms with Crippen LogP contribution >= 0.6 is 11.3 Å². The molecule has 1 unspecified atom stereocenters. The Balaban J connectivity index is 1.73. The van der Waals surface area contributed by atoms with Gasteiger partial charge in [0.1, 0.15) is 10.9 Å². The molecule has 1 atom stereocenters. The van der Waals surface area contributed by atoms with E-state index in [-0.39, 0.29) is 11.5 Å². The number of hydrogen-bond acceptors (Lipinski definition) is 4. The Hall–Kier alpha value is -3.25. The predicted molar refractivity (Wildman–Crippen MR) is 128 cm³/mol. The molecule has 2 heterocycles. The van der Waals surface area contributed by atoms with Crippen molar-refractivity contribution in [2.75, 3.05) is 5.32 Å². The number of rotatable bonds is 4. The molecule has 1 N–H and O–H groups in total. The molecule has 0 aliphatic rings. The van der Waals surface area contributed by atoms with Crippen molar-refractivity contribution in [2.24, 2.45) is 0 Å². The average molecular weight is 432 g/mol. The molecule has 5 nitrogen and oxygen atoms in total. The minimum absolute atomic E-state index is 0.205. The third-order valence-corrected chi connectivity index (χ3v) is 6.67. The van der Waals surface area contributed by atoms with Crippen LogP contribution in [0, 0.1) is 27.7 Å². The number of aryl methyl sites for hydroxylation is 4. The number of fused-ring (bicyclic) bond motifs is 1. The van der Waals surface area contributed by atoms with Gasteiger partial charge in [-0.15, -0.1) is 11.3 Å². The van der Waals surface area contributed by atoms with E-state index in [0.717, 1.165) is 27.9 Å². The second-order valence-electron chi connectivity index (χ2n) is 8.07. The average Bonchev–Trinajstić information content (AvgIpc) is 3.17. The monoisotopic (exact) mass is 431 g/mol. The van der Waals surface area contributed by atoms with Crippen molar-refractivity contribution in [2.45, 2.75) is 40.7 Å². The predicted octanol–water partition coefficient (Wildman–Crippen LogP) is 5.56. The van der Waals surface area contributed by atoms with Crippen LogP contribution in [0.15, 0.2) is 52.9 Å². The number of carbonyl (C=O) groups excluding carboxylic acids is 1. The van der Waals surface area contributed by atoms with Crippen LogP contribution in [0.5, 0.6) is 0 Å². The number of nitrogens with zero attached hydrogens (tertiary/aromatic N) is 2. The van der Waals surface area contributed by atoms with Crippen LogP contribution in [0.25, 0.3) is 21.3 Å². The maximum absolute atomic E-state index is 13.4. The maximum Gasteiger partial charge on any atom is 0.263 e. The number of anilines is 1. The van der Waals surface area contributed by atoms with Gasteiger partial charge in [0, 0.05) is 16.6 Å². The first-order chi connectivity index (χ1) is 14.8. The fraction of sp³-hybridized carbons (Fsp3) is 0.240. The number of hydrogen-bond donors (Lipinski definition) is 1. The van der Waals surface area contributed by atoms with Crippen LogP contribution < -0.4 is 10.9 Å². The molecule has 0 spiro atoms. The highest BCUT2D eigenvalue weighted by atomic mass is 32.1. The highest BCUT2D eigenvalue weighted by Crippen LogP contribution is 2.32. The lowest BCUT2D eigenvalue weighted by molar-refractivity contribution is -0.118. The lowest BCUT2D eigenvalue weighted by Gasteiger charge is -2.16. The van der Waals surface area contributed by atoms with Crippen LogP contribution in [0.1, 0.15) is 35.2 Å². The van der Waals surface area contributed by atoms with Crippen LogP contribution in [0.4, 0.5) is 5.69 Å². The quantitative estimate of drug-likeness (QED) is 0.460. The van der Waals surface area contributed by atoms with Gasteiger partial charge >= 0.3 is 0 Å². The molecule has 0 saturated heterocycles. The van der Waals surface area contributed by atoms with Crippen LogP contribution in [0.2, 0.25) is 0 Å². The van der Waals surface area contributed by atoms with Gasteiger partial charge in [0.2, 0.25) is 5.91 Å². The van der Waals surface area contributed by atoms with Crippen molar-refractivity contribution in [1.29, 1.82) is 0 Å². The van der Waals surface area contributed by atoms with Gasteiger partial charge in [0.05, 0.1) is 11.7 Å². The molecule has 4 rings (SSSR count). The molecule has 2 aromatic carbocycles. The van der Waals surface area contributed by atoms with Crippen molar-refractivity contribution in [3.63, 3.8) is 0 Å². The fourth-order valence-electron chi connectivity index (χ4n) is 3.58. The summed E-state index contributed by atoms with van der Waals surface area (Å²) < 4.78 is 1.42. The summed E-state index contributed by atoms with van der Waals surface area (Å²) >= 11 is 1.44. The van der Waals surface area contributed by atoms with Gasteiger partial charge in [-0.1, -0.05) is 30.3 Å². The van der Waals surface area contributed by atoms with Gasteiger partial charge in [-0.25, -0.2) is 4.98 Å². The summed E-state index contributed by atoms with van der Waals surface area (Å²) in [4.78, 5) is 31.5. The topological polar surface area (TPSA) is 64.0 Å². The minimum atomic E-state index is -0.697. The van der Waals surface area contributed by atoms with Crippen molar-refractivity contribution >= 4 is 33.1 Å². The molecule has 0 fully saturated rings. The van der Waals surface area contributed by atoms with Gasteiger partial charge < -0.3 is 5.32 Å². The molecule has 31 heavy (non-hydrogen) atoms. The van der Waals surface area contributed by atoms with E-state index in [1.807, 2.05) is 43.5 Å². The number of nitrogens with one attached hydrogen (secondary N) is 1. The van der Waals surface area contributed by atoms with E-state index in [9.17, 15) is 9.59 Å². The minimum Gasteiger partial charge on any atom is -0.324 e. The van der Waals surface area contributed by atoms with E-state index in [0.29, 0.717) is 10.2 Å². The zero-order chi connectivity index (χ0) is 22.3. The van der Waals surface area contributed by atoms with Crippen LogP contribution in [-0.4, -0.2) is 15.5 Å². The first-order valence-corrected chi connectivity index (χ1v) is 11.1. The highest BCUT2D eigenvalue weighted by Gasteiger charge is 2.21. The summed E-state index contributed by atoms with van der Waals surface area (Å²) in [5.74, 6) is -0.250. The summed E-state index contributed by atoms with van der Waals surface area (Å²) in [6.45, 7) is 9.77. The molecule has 2 aromatic heterocycles. The number of benzene rings is 2. The van der Waals surface area contributed by atoms with Crippen LogP contribution in [0.3, 0.4) is 0 Å². The lowest BCUT2D eigenvalue weighted by Crippen LogP contribution is -2.31. The van der Waals surface area contributed by atoms with E-state index in [1.165, 1.54) is 33.4 Å². The molecule has 0 saturated carbocycles. The Labute approximate surface area is 185 Å². The van der Waals surface area contributed by atoms with Gasteiger partial charge in [-0.2, -0.15) is 0 Å². The second kappa shape index (κ2) is 8.12. The van der Waals surface area contributed by atoms with Gasteiger partial charge in [-0.3, -0.25) is 14.2 Å². The van der Waals surface area contributed by atoms with E-state index in [1.54, 1.807) is 6.92 Å². The van der Waals surface area contributed by atoms with Crippen molar-refractivity contribution in [3.8, 4) is 11.1 Å². The smallest absolute Gasteiger partial charge is 0.263 e. The van der Waals surface area contributed by atoms with Crippen molar-refractivity contribution in [3.05, 3.63) is 80.7 Å². The summed E-state index contributed by atoms with van der Waals surface area (Å²) in [6, 6.07) is 11.4. The third kappa shape index (κ3) is 3.91. The second-order valence-corrected chi connectivity index (χ2v) is 8.93.